The van der Waals surface area contributed by atoms with Gasteiger partial charge in [-0.3, -0.25) is 14.9 Å². The second-order valence-corrected chi connectivity index (χ2v) is 4.77. The van der Waals surface area contributed by atoms with Crippen LogP contribution in [-0.4, -0.2) is 32.9 Å². The highest BCUT2D eigenvalue weighted by atomic mass is 16.4. The minimum Gasteiger partial charge on any atom is -0.478 e. The lowest BCUT2D eigenvalue weighted by Crippen LogP contribution is -2.39. The molecule has 1 fully saturated rings. The van der Waals surface area contributed by atoms with Crippen LogP contribution < -0.4 is 5.32 Å². The van der Waals surface area contributed by atoms with E-state index in [-0.39, 0.29) is 17.9 Å². The topological polar surface area (TPSA) is 109 Å². The molecule has 21 heavy (non-hydrogen) atoms. The molecular formula is C14H11N3O4. The monoisotopic (exact) mass is 285 g/mol. The van der Waals surface area contributed by atoms with Gasteiger partial charge in [0.25, 0.3) is 0 Å². The van der Waals surface area contributed by atoms with Gasteiger partial charge in [0, 0.05) is 11.8 Å². The molecule has 1 aliphatic heterocycles. The summed E-state index contributed by atoms with van der Waals surface area (Å²) in [5.41, 5.74) is 0.802. The Labute approximate surface area is 119 Å². The Hall–Kier alpha value is -2.83. The molecule has 1 unspecified atom stereocenters. The highest BCUT2D eigenvalue weighted by Gasteiger charge is 2.30. The van der Waals surface area contributed by atoms with Crippen molar-refractivity contribution in [2.24, 2.45) is 0 Å². The van der Waals surface area contributed by atoms with Crippen molar-refractivity contribution in [3.63, 3.8) is 0 Å². The molecule has 1 atom stereocenters. The first-order valence-corrected chi connectivity index (χ1v) is 6.38. The van der Waals surface area contributed by atoms with Crippen LogP contribution in [0.1, 0.15) is 34.8 Å². The van der Waals surface area contributed by atoms with Gasteiger partial charge in [-0.1, -0.05) is 12.1 Å². The normalized spacial score (nSPS) is 18.6. The van der Waals surface area contributed by atoms with Gasteiger partial charge in [0.1, 0.15) is 6.33 Å². The van der Waals surface area contributed by atoms with Crippen LogP contribution in [0.2, 0.25) is 0 Å². The van der Waals surface area contributed by atoms with E-state index in [0.29, 0.717) is 23.0 Å². The van der Waals surface area contributed by atoms with E-state index in [1.807, 2.05) is 0 Å². The Morgan fingerprint density at radius 3 is 2.81 bits per heavy atom. The molecule has 0 spiro atoms. The molecule has 2 N–H and O–H groups in total. The van der Waals surface area contributed by atoms with Crippen LogP contribution in [-0.2, 0) is 9.59 Å². The smallest absolute Gasteiger partial charge is 0.337 e. The summed E-state index contributed by atoms with van der Waals surface area (Å²) >= 11 is 0. The molecule has 0 radical (unpaired) electrons. The summed E-state index contributed by atoms with van der Waals surface area (Å²) in [6, 6.07) is 4.72. The van der Waals surface area contributed by atoms with Gasteiger partial charge in [-0.2, -0.15) is 0 Å². The number of imide groups is 1. The van der Waals surface area contributed by atoms with E-state index in [1.165, 1.54) is 12.4 Å². The number of hydrogen-bond donors (Lipinski definition) is 2. The third-order valence-electron chi connectivity index (χ3n) is 3.50. The minimum absolute atomic E-state index is 0.0587. The number of benzene rings is 1. The first-order valence-electron chi connectivity index (χ1n) is 6.38. The molecular weight excluding hydrogens is 274 g/mol. The summed E-state index contributed by atoms with van der Waals surface area (Å²) in [4.78, 5) is 42.5. The van der Waals surface area contributed by atoms with Crippen molar-refractivity contribution in [2.75, 3.05) is 0 Å². The highest BCUT2D eigenvalue weighted by molar-refractivity contribution is 6.05. The predicted octanol–water partition coefficient (Wildman–Crippen LogP) is 0.848. The number of para-hydroxylation sites is 1. The lowest BCUT2D eigenvalue weighted by Gasteiger charge is -2.21. The summed E-state index contributed by atoms with van der Waals surface area (Å²) in [6.07, 6.45) is 1.84. The number of aromatic carboxylic acids is 1. The maximum absolute atomic E-state index is 12.0. The van der Waals surface area contributed by atoms with Crippen LogP contribution in [0.25, 0.3) is 10.9 Å². The average molecular weight is 285 g/mol. The molecule has 0 bridgehead atoms. The van der Waals surface area contributed by atoms with Gasteiger partial charge in [-0.15, -0.1) is 0 Å². The molecule has 106 valence electrons. The molecule has 1 aromatic heterocycles. The van der Waals surface area contributed by atoms with Gasteiger partial charge in [-0.25, -0.2) is 14.8 Å². The molecule has 7 heteroatoms. The molecule has 2 aromatic rings. The van der Waals surface area contributed by atoms with Crippen LogP contribution in [0.5, 0.6) is 0 Å². The van der Waals surface area contributed by atoms with Gasteiger partial charge < -0.3 is 5.11 Å². The fraction of sp³-hybridized carbons (Fsp3) is 0.214. The zero-order valence-corrected chi connectivity index (χ0v) is 10.9. The van der Waals surface area contributed by atoms with Gasteiger partial charge in [0.15, 0.2) is 0 Å². The Kier molecular flexibility index (Phi) is 3.09. The second kappa shape index (κ2) is 4.93. The first-order chi connectivity index (χ1) is 10.1. The van der Waals surface area contributed by atoms with Crippen molar-refractivity contribution in [2.45, 2.75) is 18.8 Å². The van der Waals surface area contributed by atoms with Crippen molar-refractivity contribution in [3.8, 4) is 0 Å². The molecule has 2 heterocycles. The molecule has 2 amide bonds. The van der Waals surface area contributed by atoms with Crippen LogP contribution >= 0.6 is 0 Å². The number of carbonyl (C=O) groups excluding carboxylic acids is 2. The van der Waals surface area contributed by atoms with Crippen molar-refractivity contribution in [1.29, 1.82) is 0 Å². The molecule has 0 aliphatic carbocycles. The zero-order chi connectivity index (χ0) is 15.0. The van der Waals surface area contributed by atoms with E-state index in [0.717, 1.165) is 0 Å². The summed E-state index contributed by atoms with van der Waals surface area (Å²) in [5.74, 6) is -2.38. The highest BCUT2D eigenvalue weighted by Crippen LogP contribution is 2.29. The van der Waals surface area contributed by atoms with E-state index < -0.39 is 17.8 Å². The van der Waals surface area contributed by atoms with Gasteiger partial charge in [-0.05, 0) is 12.5 Å². The van der Waals surface area contributed by atoms with Gasteiger partial charge >= 0.3 is 5.97 Å². The molecule has 3 rings (SSSR count). The number of carboxylic acids is 1. The quantitative estimate of drug-likeness (QED) is 0.792. The third kappa shape index (κ3) is 2.22. The lowest BCUT2D eigenvalue weighted by atomic mass is 9.91. The van der Waals surface area contributed by atoms with E-state index in [4.69, 9.17) is 0 Å². The summed E-state index contributed by atoms with van der Waals surface area (Å²) in [7, 11) is 0. The Bertz CT molecular complexity index is 772. The first kappa shape index (κ1) is 13.2. The van der Waals surface area contributed by atoms with Crippen LogP contribution in [0, 0.1) is 0 Å². The van der Waals surface area contributed by atoms with Crippen LogP contribution in [0.4, 0.5) is 0 Å². The van der Waals surface area contributed by atoms with Crippen molar-refractivity contribution >= 4 is 28.7 Å². The number of piperidine rings is 1. The standard InChI is InChI=1S/C14H11N3O4/c18-10-5-4-8(13(19)17-10)11-7-2-1-3-9(14(20)21)12(7)16-6-15-11/h1-3,6,8H,4-5H2,(H,20,21)(H,17,18,19). The van der Waals surface area contributed by atoms with Gasteiger partial charge in [0.05, 0.1) is 22.7 Å². The van der Waals surface area contributed by atoms with Crippen LogP contribution in [0.15, 0.2) is 24.5 Å². The van der Waals surface area contributed by atoms with Crippen LogP contribution in [0.3, 0.4) is 0 Å². The maximum Gasteiger partial charge on any atom is 0.337 e. The van der Waals surface area contributed by atoms with E-state index in [1.54, 1.807) is 12.1 Å². The number of rotatable bonds is 2. The maximum atomic E-state index is 12.0. The fourth-order valence-corrected chi connectivity index (χ4v) is 2.51. The molecule has 7 nitrogen and oxygen atoms in total. The Balaban J connectivity index is 2.16. The van der Waals surface area contributed by atoms with Crippen molar-refractivity contribution in [3.05, 3.63) is 35.8 Å². The summed E-state index contributed by atoms with van der Waals surface area (Å²) in [5, 5.41) is 12.0. The fourth-order valence-electron chi connectivity index (χ4n) is 2.51. The average Bonchev–Trinajstić information content (AvgIpc) is 2.46. The number of amides is 2. The number of carboxylic acid groups (broad SMARTS) is 1. The Morgan fingerprint density at radius 1 is 1.29 bits per heavy atom. The number of aromatic nitrogens is 2. The SMILES string of the molecule is O=C1CCC(c2ncnc3c(C(=O)O)cccc23)C(=O)N1. The van der Waals surface area contributed by atoms with E-state index in [2.05, 4.69) is 15.3 Å². The molecule has 0 saturated carbocycles. The summed E-state index contributed by atoms with van der Waals surface area (Å²) < 4.78 is 0. The Morgan fingerprint density at radius 2 is 2.10 bits per heavy atom. The van der Waals surface area contributed by atoms with Crippen molar-refractivity contribution in [1.82, 2.24) is 15.3 Å². The number of nitrogens with one attached hydrogen (secondary N) is 1. The molecule has 1 saturated heterocycles. The van der Waals surface area contributed by atoms with Crippen molar-refractivity contribution < 1.29 is 19.5 Å². The van der Waals surface area contributed by atoms with E-state index >= 15 is 0 Å². The molecule has 1 aromatic carbocycles. The number of nitrogens with zero attached hydrogens (tertiary/aromatic N) is 2. The largest absolute Gasteiger partial charge is 0.478 e. The number of hydrogen-bond acceptors (Lipinski definition) is 5. The summed E-state index contributed by atoms with van der Waals surface area (Å²) in [6.45, 7) is 0. The zero-order valence-electron chi connectivity index (χ0n) is 10.9. The predicted molar refractivity (Wildman–Crippen MR) is 71.6 cm³/mol. The second-order valence-electron chi connectivity index (χ2n) is 4.77. The van der Waals surface area contributed by atoms with Gasteiger partial charge in [0.2, 0.25) is 11.8 Å². The third-order valence-corrected chi connectivity index (χ3v) is 3.50. The number of fused-ring (bicyclic) bond motifs is 1. The lowest BCUT2D eigenvalue weighted by molar-refractivity contribution is -0.134. The molecule has 1 aliphatic rings. The van der Waals surface area contributed by atoms with E-state index in [9.17, 15) is 19.5 Å². The number of carbonyl (C=O) groups is 3. The minimum atomic E-state index is -1.09.